The second-order valence-corrected chi connectivity index (χ2v) is 6.37. The zero-order chi connectivity index (χ0) is 20.3. The van der Waals surface area contributed by atoms with Crippen molar-refractivity contribution in [2.45, 2.75) is 32.5 Å². The maximum Gasteiger partial charge on any atom is 0.433 e. The van der Waals surface area contributed by atoms with E-state index in [2.05, 4.69) is 35.9 Å². The molecule has 1 aliphatic heterocycles. The van der Waals surface area contributed by atoms with Gasteiger partial charge >= 0.3 is 6.18 Å². The predicted octanol–water partition coefficient (Wildman–Crippen LogP) is 2.75. The van der Waals surface area contributed by atoms with Crippen LogP contribution in [-0.2, 0) is 11.0 Å². The van der Waals surface area contributed by atoms with E-state index in [-0.39, 0.29) is 35.4 Å². The summed E-state index contributed by atoms with van der Waals surface area (Å²) in [6.45, 7) is 4.23. The van der Waals surface area contributed by atoms with E-state index in [0.29, 0.717) is 18.5 Å². The van der Waals surface area contributed by atoms with Crippen LogP contribution in [0.4, 0.5) is 30.8 Å². The van der Waals surface area contributed by atoms with E-state index in [9.17, 15) is 18.0 Å². The number of carbonyl (C=O) groups excluding carboxylic acids is 1. The van der Waals surface area contributed by atoms with Gasteiger partial charge in [0.25, 0.3) is 0 Å². The van der Waals surface area contributed by atoms with Crippen molar-refractivity contribution in [2.24, 2.45) is 0 Å². The van der Waals surface area contributed by atoms with Crippen molar-refractivity contribution in [3.8, 4) is 0 Å². The summed E-state index contributed by atoms with van der Waals surface area (Å²) in [7, 11) is 0. The van der Waals surface area contributed by atoms with E-state index in [1.54, 1.807) is 0 Å². The van der Waals surface area contributed by atoms with Crippen molar-refractivity contribution in [1.29, 1.82) is 0 Å². The molecule has 0 fully saturated rings. The maximum atomic E-state index is 12.9. The second kappa shape index (κ2) is 7.79. The normalized spacial score (nSPS) is 14.5. The van der Waals surface area contributed by atoms with E-state index < -0.39 is 11.9 Å². The lowest BCUT2D eigenvalue weighted by Crippen LogP contribution is -2.27. The molecule has 3 N–H and O–H groups in total. The number of hydrogen-bond acceptors (Lipinski definition) is 7. The molecule has 0 aliphatic carbocycles. The van der Waals surface area contributed by atoms with E-state index >= 15 is 0 Å². The zero-order valence-electron chi connectivity index (χ0n) is 15.1. The topological polar surface area (TPSA) is 105 Å². The van der Waals surface area contributed by atoms with Gasteiger partial charge < -0.3 is 16.0 Å². The van der Waals surface area contributed by atoms with Crippen LogP contribution in [0, 0.1) is 0 Å². The van der Waals surface area contributed by atoms with Crippen molar-refractivity contribution in [2.75, 3.05) is 17.2 Å². The lowest BCUT2D eigenvalue weighted by atomic mass is 10.1. The van der Waals surface area contributed by atoms with Crippen LogP contribution in [0.1, 0.15) is 31.8 Å². The van der Waals surface area contributed by atoms with Crippen molar-refractivity contribution in [3.05, 3.63) is 35.9 Å². The van der Waals surface area contributed by atoms with Gasteiger partial charge in [0.05, 0.1) is 0 Å². The number of alkyl halides is 3. The summed E-state index contributed by atoms with van der Waals surface area (Å²) in [5.74, 6) is 0.331. The number of halogens is 3. The first-order valence-corrected chi connectivity index (χ1v) is 8.52. The number of rotatable bonds is 5. The molecule has 2 aromatic heterocycles. The molecule has 148 valence electrons. The third-order valence-corrected chi connectivity index (χ3v) is 3.65. The maximum absolute atomic E-state index is 12.9. The molecule has 0 atom stereocenters. The number of carbonyl (C=O) groups is 1. The van der Waals surface area contributed by atoms with Gasteiger partial charge in [-0.25, -0.2) is 0 Å². The Bertz CT molecular complexity index is 912. The van der Waals surface area contributed by atoms with Crippen LogP contribution >= 0.6 is 0 Å². The summed E-state index contributed by atoms with van der Waals surface area (Å²) in [5.41, 5.74) is -0.281. The van der Waals surface area contributed by atoms with Crippen LogP contribution in [0.5, 0.6) is 0 Å². The fourth-order valence-electron chi connectivity index (χ4n) is 2.47. The molecule has 0 spiro atoms. The fraction of sp³-hybridized carbons (Fsp3) is 0.353. The third-order valence-electron chi connectivity index (χ3n) is 3.65. The fourth-order valence-corrected chi connectivity index (χ4v) is 2.47. The zero-order valence-corrected chi connectivity index (χ0v) is 15.1. The summed E-state index contributed by atoms with van der Waals surface area (Å²) in [5, 5.41) is 8.46. The number of anilines is 3. The van der Waals surface area contributed by atoms with Gasteiger partial charge in [-0.3, -0.25) is 9.78 Å². The summed E-state index contributed by atoms with van der Waals surface area (Å²) in [6, 6.07) is 2.26. The average Bonchev–Trinajstić information content (AvgIpc) is 2.60. The number of nitrogens with zero attached hydrogens (tertiary/aromatic N) is 4. The molecule has 28 heavy (non-hydrogen) atoms. The van der Waals surface area contributed by atoms with Gasteiger partial charge in [0.2, 0.25) is 17.8 Å². The lowest BCUT2D eigenvalue weighted by Gasteiger charge is -2.16. The highest BCUT2D eigenvalue weighted by atomic mass is 19.4. The quantitative estimate of drug-likeness (QED) is 0.717. The molecule has 8 nitrogen and oxygen atoms in total. The van der Waals surface area contributed by atoms with Gasteiger partial charge in [0.15, 0.2) is 5.82 Å². The molecule has 3 rings (SSSR count). The number of hydrogen-bond donors (Lipinski definition) is 3. The Morgan fingerprint density at radius 2 is 1.93 bits per heavy atom. The Morgan fingerprint density at radius 3 is 2.61 bits per heavy atom. The smallest absolute Gasteiger partial charge is 0.352 e. The van der Waals surface area contributed by atoms with Gasteiger partial charge in [-0.2, -0.15) is 28.1 Å². The highest BCUT2D eigenvalue weighted by Crippen LogP contribution is 2.29. The molecular formula is C17H18F3N7O. The molecule has 11 heteroatoms. The van der Waals surface area contributed by atoms with Crippen LogP contribution in [-0.4, -0.2) is 38.4 Å². The summed E-state index contributed by atoms with van der Waals surface area (Å²) < 4.78 is 38.6. The minimum Gasteiger partial charge on any atom is -0.352 e. The van der Waals surface area contributed by atoms with E-state index in [1.807, 2.05) is 13.8 Å². The highest BCUT2D eigenvalue weighted by molar-refractivity contribution is 5.96. The van der Waals surface area contributed by atoms with Gasteiger partial charge in [-0.05, 0) is 32.4 Å². The number of nitrogens with one attached hydrogen (secondary N) is 3. The molecule has 0 unspecified atom stereocenters. The van der Waals surface area contributed by atoms with E-state index in [4.69, 9.17) is 0 Å². The minimum absolute atomic E-state index is 0.0180. The van der Waals surface area contributed by atoms with Crippen LogP contribution in [0.3, 0.4) is 0 Å². The van der Waals surface area contributed by atoms with Crippen LogP contribution in [0.2, 0.25) is 0 Å². The average molecular weight is 393 g/mol. The van der Waals surface area contributed by atoms with Gasteiger partial charge in [-0.1, -0.05) is 0 Å². The molecule has 0 aromatic carbocycles. The molecule has 0 radical (unpaired) electrons. The standard InChI is InChI=1S/C17H18F3N7O/c1-9(2)23-15-25-14(10-3-5-22-13(28)7-10)26-16(27-15)24-11-4-6-21-12(8-11)17(18,19)20/h4,6-9H,3,5H2,1-2H3,(H,22,28)(H2,21,23,24,25,26,27). The number of amides is 1. The molecule has 1 amide bonds. The SMILES string of the molecule is CC(C)Nc1nc(Nc2ccnc(C(F)(F)F)c2)nc(C2=CC(=O)NCC2)n1. The monoisotopic (exact) mass is 393 g/mol. The Morgan fingerprint density at radius 1 is 1.18 bits per heavy atom. The largest absolute Gasteiger partial charge is 0.433 e. The summed E-state index contributed by atoms with van der Waals surface area (Å²) in [6.07, 6.45) is -1.58. The first-order chi connectivity index (χ1) is 13.2. The lowest BCUT2D eigenvalue weighted by molar-refractivity contribution is -0.141. The third kappa shape index (κ3) is 4.93. The number of aromatic nitrogens is 4. The predicted molar refractivity (Wildman–Crippen MR) is 96.7 cm³/mol. The number of pyridine rings is 1. The van der Waals surface area contributed by atoms with E-state index in [1.165, 1.54) is 12.1 Å². The first kappa shape index (κ1) is 19.5. The van der Waals surface area contributed by atoms with E-state index in [0.717, 1.165) is 12.3 Å². The first-order valence-electron chi connectivity index (χ1n) is 8.52. The van der Waals surface area contributed by atoms with Crippen molar-refractivity contribution in [3.63, 3.8) is 0 Å². The van der Waals surface area contributed by atoms with Gasteiger partial charge in [-0.15, -0.1) is 0 Å². The Labute approximate surface area is 158 Å². The van der Waals surface area contributed by atoms with Crippen LogP contribution in [0.25, 0.3) is 5.57 Å². The highest BCUT2D eigenvalue weighted by Gasteiger charge is 2.32. The molecule has 3 heterocycles. The van der Waals surface area contributed by atoms with Crippen molar-refractivity contribution in [1.82, 2.24) is 25.3 Å². The minimum atomic E-state index is -4.56. The second-order valence-electron chi connectivity index (χ2n) is 6.37. The Kier molecular flexibility index (Phi) is 5.43. The Hall–Kier alpha value is -3.24. The molecule has 1 aliphatic rings. The van der Waals surface area contributed by atoms with Crippen LogP contribution < -0.4 is 16.0 Å². The Balaban J connectivity index is 1.96. The molecular weight excluding hydrogens is 375 g/mol. The van der Waals surface area contributed by atoms with Crippen molar-refractivity contribution >= 4 is 29.1 Å². The molecule has 2 aromatic rings. The summed E-state index contributed by atoms with van der Waals surface area (Å²) >= 11 is 0. The van der Waals surface area contributed by atoms with Crippen LogP contribution in [0.15, 0.2) is 24.4 Å². The molecule has 0 saturated carbocycles. The van der Waals surface area contributed by atoms with Crippen molar-refractivity contribution < 1.29 is 18.0 Å². The molecule has 0 bridgehead atoms. The van der Waals surface area contributed by atoms with Gasteiger partial charge in [0.1, 0.15) is 5.69 Å². The summed E-state index contributed by atoms with van der Waals surface area (Å²) in [4.78, 5) is 27.7. The van der Waals surface area contributed by atoms with Gasteiger partial charge in [0, 0.05) is 36.1 Å². The molecule has 0 saturated heterocycles.